The van der Waals surface area contributed by atoms with Crippen molar-refractivity contribution in [3.05, 3.63) is 33.1 Å². The van der Waals surface area contributed by atoms with Gasteiger partial charge in [0.15, 0.2) is 12.4 Å². The number of anilines is 1. The van der Waals surface area contributed by atoms with Crippen LogP contribution in [0.2, 0.25) is 0 Å². The number of ketones is 1. The predicted molar refractivity (Wildman–Crippen MR) is 151 cm³/mol. The number of Topliss-reactive ketones (excluding diaryl/α,β-unsaturated/α-hetero) is 1. The summed E-state index contributed by atoms with van der Waals surface area (Å²) in [6.07, 6.45) is 3.63. The molecule has 2 bridgehead atoms. The topological polar surface area (TPSA) is 110 Å². The van der Waals surface area contributed by atoms with Gasteiger partial charge in [0.25, 0.3) is 10.9 Å². The molecule has 1 heterocycles. The van der Waals surface area contributed by atoms with Crippen LogP contribution < -0.4 is 20.5 Å². The molecule has 1 saturated heterocycles. The van der Waals surface area contributed by atoms with E-state index < -0.39 is 46.5 Å². The Kier molecular flexibility index (Phi) is 7.32. The second-order valence-electron chi connectivity index (χ2n) is 12.8. The molecule has 4 fully saturated rings. The zero-order valence-corrected chi connectivity index (χ0v) is 24.3. The lowest BCUT2D eigenvalue weighted by Gasteiger charge is -2.61. The molecule has 3 aliphatic carbocycles. The van der Waals surface area contributed by atoms with Gasteiger partial charge >= 0.3 is 5.97 Å². The first kappa shape index (κ1) is 28.4. The van der Waals surface area contributed by atoms with Gasteiger partial charge in [-0.2, -0.15) is 11.8 Å². The van der Waals surface area contributed by atoms with Crippen molar-refractivity contribution in [1.29, 1.82) is 0 Å². The molecule has 0 spiro atoms. The number of aliphatic hydroxyl groups excluding tert-OH is 1. The molecule has 1 N–H and O–H groups in total. The summed E-state index contributed by atoms with van der Waals surface area (Å²) >= 11 is 1.79. The molecule has 5 rings (SSSR count). The summed E-state index contributed by atoms with van der Waals surface area (Å²) < 4.78 is 11.8. The van der Waals surface area contributed by atoms with E-state index in [0.29, 0.717) is 25.9 Å². The fourth-order valence-corrected chi connectivity index (χ4v) is 9.30. The van der Waals surface area contributed by atoms with Crippen LogP contribution in [0.15, 0.2) is 22.2 Å². The molecule has 0 radical (unpaired) electrons. The van der Waals surface area contributed by atoms with Gasteiger partial charge in [0.1, 0.15) is 17.6 Å². The fourth-order valence-electron chi connectivity index (χ4n) is 8.39. The maximum atomic E-state index is 13.5. The Morgan fingerprint density at radius 1 is 1.15 bits per heavy atom. The minimum Gasteiger partial charge on any atom is -0.475 e. The third kappa shape index (κ3) is 4.21. The second kappa shape index (κ2) is 10.1. The first-order valence-electron chi connectivity index (χ1n) is 14.2. The van der Waals surface area contributed by atoms with Crippen LogP contribution in [0, 0.1) is 34.0 Å². The molecule has 4 aliphatic rings. The van der Waals surface area contributed by atoms with Crippen molar-refractivity contribution < 1.29 is 24.2 Å². The maximum Gasteiger partial charge on any atom is 0.344 e. The molecule has 8 atom stereocenters. The smallest absolute Gasteiger partial charge is 0.344 e. The van der Waals surface area contributed by atoms with E-state index in [1.165, 1.54) is 0 Å². The maximum absolute atomic E-state index is 13.5. The van der Waals surface area contributed by atoms with Crippen molar-refractivity contribution in [2.45, 2.75) is 72.0 Å². The van der Waals surface area contributed by atoms with Crippen LogP contribution >= 0.6 is 11.8 Å². The first-order chi connectivity index (χ1) is 18.4. The third-order valence-electron chi connectivity index (χ3n) is 11.1. The SMILES string of the molecule is C=C[C@]1(C)C[C@@H](OC(=O)COc2c(N3CCSCC3)c(=O)c2=O)[C@]2(C)[C@H](C)CC[C@]3(CCC(=O)[C@H]32)[C@@H](C)[C@@H]1O. The van der Waals surface area contributed by atoms with E-state index in [0.717, 1.165) is 30.8 Å². The number of carbonyl (C=O) groups excluding carboxylic acids is 2. The number of thioether (sulfide) groups is 1. The van der Waals surface area contributed by atoms with E-state index in [9.17, 15) is 24.3 Å². The van der Waals surface area contributed by atoms with E-state index in [4.69, 9.17) is 9.47 Å². The molecule has 8 nitrogen and oxygen atoms in total. The second-order valence-corrected chi connectivity index (χ2v) is 14.0. The summed E-state index contributed by atoms with van der Waals surface area (Å²) in [5.74, 6) is 0.870. The molecular weight excluding hydrogens is 518 g/mol. The molecule has 214 valence electrons. The molecule has 9 heteroatoms. The van der Waals surface area contributed by atoms with Gasteiger partial charge in [-0.1, -0.05) is 33.8 Å². The van der Waals surface area contributed by atoms with Crippen molar-refractivity contribution in [3.63, 3.8) is 0 Å². The lowest BCUT2D eigenvalue weighted by molar-refractivity contribution is -0.207. The highest BCUT2D eigenvalue weighted by molar-refractivity contribution is 7.99. The lowest BCUT2D eigenvalue weighted by atomic mass is 9.44. The molecule has 0 aromatic heterocycles. The molecule has 1 aromatic carbocycles. The average Bonchev–Trinajstić information content (AvgIpc) is 3.29. The van der Waals surface area contributed by atoms with E-state index in [1.807, 2.05) is 11.8 Å². The number of esters is 1. The van der Waals surface area contributed by atoms with Crippen LogP contribution in [0.4, 0.5) is 5.69 Å². The van der Waals surface area contributed by atoms with Gasteiger partial charge in [-0.3, -0.25) is 14.4 Å². The van der Waals surface area contributed by atoms with Crippen LogP contribution in [0.25, 0.3) is 0 Å². The average molecular weight is 560 g/mol. The van der Waals surface area contributed by atoms with E-state index in [1.54, 1.807) is 17.8 Å². The van der Waals surface area contributed by atoms with Crippen molar-refractivity contribution >= 4 is 29.2 Å². The van der Waals surface area contributed by atoms with Crippen molar-refractivity contribution in [3.8, 4) is 5.75 Å². The Morgan fingerprint density at radius 2 is 1.85 bits per heavy atom. The number of hydrogen-bond acceptors (Lipinski definition) is 9. The zero-order chi connectivity index (χ0) is 28.3. The van der Waals surface area contributed by atoms with E-state index in [-0.39, 0.29) is 40.4 Å². The van der Waals surface area contributed by atoms with Gasteiger partial charge in [-0.25, -0.2) is 4.79 Å². The minimum atomic E-state index is -0.743. The Morgan fingerprint density at radius 3 is 2.51 bits per heavy atom. The lowest BCUT2D eigenvalue weighted by Crippen LogP contribution is -2.63. The number of ether oxygens (including phenoxy) is 2. The van der Waals surface area contributed by atoms with E-state index >= 15 is 0 Å². The molecule has 1 aromatic rings. The zero-order valence-electron chi connectivity index (χ0n) is 23.5. The van der Waals surface area contributed by atoms with Crippen molar-refractivity contribution in [2.75, 3.05) is 36.1 Å². The van der Waals surface area contributed by atoms with Gasteiger partial charge < -0.3 is 19.5 Å². The van der Waals surface area contributed by atoms with E-state index in [2.05, 4.69) is 27.4 Å². The molecule has 39 heavy (non-hydrogen) atoms. The molecular formula is C30H41NO7S. The summed E-state index contributed by atoms with van der Waals surface area (Å²) in [6, 6.07) is 0. The standard InChI is InChI=1S/C30H41NO7S/c1-6-28(4)15-20(29(5)17(2)7-9-30(18(3)27(28)36)10-8-19(32)26(29)30)38-21(33)16-37-25-22(23(34)24(25)35)31-11-13-39-14-12-31/h6,17-18,20,26-27,36H,1,7-16H2,2-5H3/t17-,18+,20-,26+,27+,28-,29+,30+/m1/s1. The largest absolute Gasteiger partial charge is 0.475 e. The number of hydrogen-bond donors (Lipinski definition) is 1. The Balaban J connectivity index is 1.42. The highest BCUT2D eigenvalue weighted by atomic mass is 32.2. The molecule has 0 amide bonds. The molecule has 3 saturated carbocycles. The van der Waals surface area contributed by atoms with Gasteiger partial charge in [0.2, 0.25) is 0 Å². The summed E-state index contributed by atoms with van der Waals surface area (Å²) in [6.45, 7) is 13.0. The van der Waals surface area contributed by atoms with Crippen LogP contribution in [0.5, 0.6) is 5.75 Å². The van der Waals surface area contributed by atoms with Crippen LogP contribution in [-0.2, 0) is 14.3 Å². The first-order valence-corrected chi connectivity index (χ1v) is 15.4. The summed E-state index contributed by atoms with van der Waals surface area (Å²) in [5.41, 5.74) is -2.75. The fraction of sp³-hybridized carbons (Fsp3) is 0.733. The van der Waals surface area contributed by atoms with Crippen LogP contribution in [0.1, 0.15) is 59.8 Å². The number of aliphatic hydroxyl groups is 1. The number of rotatable bonds is 6. The molecule has 0 unspecified atom stereocenters. The van der Waals surface area contributed by atoms with Crippen LogP contribution in [0.3, 0.4) is 0 Å². The Bertz CT molecular complexity index is 1230. The highest BCUT2D eigenvalue weighted by Crippen LogP contribution is 2.68. The highest BCUT2D eigenvalue weighted by Gasteiger charge is 2.68. The van der Waals surface area contributed by atoms with Gasteiger partial charge in [-0.05, 0) is 42.9 Å². The summed E-state index contributed by atoms with van der Waals surface area (Å²) in [7, 11) is 0. The summed E-state index contributed by atoms with van der Waals surface area (Å²) in [5, 5.41) is 11.6. The van der Waals surface area contributed by atoms with Gasteiger partial charge in [0.05, 0.1) is 6.10 Å². The predicted octanol–water partition coefficient (Wildman–Crippen LogP) is 3.12. The van der Waals surface area contributed by atoms with Crippen molar-refractivity contribution in [1.82, 2.24) is 0 Å². The third-order valence-corrected chi connectivity index (χ3v) is 12.0. The minimum absolute atomic E-state index is 0.0658. The summed E-state index contributed by atoms with van der Waals surface area (Å²) in [4.78, 5) is 53.2. The Hall–Kier alpha value is -2.13. The van der Waals surface area contributed by atoms with Gasteiger partial charge in [0, 0.05) is 47.8 Å². The normalized spacial score (nSPS) is 40.5. The molecule has 1 aliphatic heterocycles. The quantitative estimate of drug-likeness (QED) is 0.319. The van der Waals surface area contributed by atoms with Gasteiger partial charge in [-0.15, -0.1) is 6.58 Å². The Labute approximate surface area is 234 Å². The number of nitrogens with zero attached hydrogens (tertiary/aromatic N) is 1. The number of carbonyl (C=O) groups is 2. The monoisotopic (exact) mass is 559 g/mol. The van der Waals surface area contributed by atoms with Crippen LogP contribution in [-0.4, -0.2) is 60.3 Å². The van der Waals surface area contributed by atoms with Crippen molar-refractivity contribution in [2.24, 2.45) is 34.0 Å².